The van der Waals surface area contributed by atoms with Gasteiger partial charge < -0.3 is 5.32 Å². The van der Waals surface area contributed by atoms with E-state index in [1.54, 1.807) is 13.8 Å². The van der Waals surface area contributed by atoms with Crippen molar-refractivity contribution in [3.8, 4) is 0 Å². The molecule has 0 radical (unpaired) electrons. The molecule has 1 aliphatic rings. The van der Waals surface area contributed by atoms with Crippen molar-refractivity contribution >= 4 is 16.1 Å². The van der Waals surface area contributed by atoms with E-state index >= 15 is 0 Å². The lowest BCUT2D eigenvalue weighted by atomic mass is 10.1. The fourth-order valence-electron chi connectivity index (χ4n) is 1.40. The van der Waals surface area contributed by atoms with E-state index in [4.69, 9.17) is 0 Å². The summed E-state index contributed by atoms with van der Waals surface area (Å²) in [7, 11) is -3.45. The van der Waals surface area contributed by atoms with Crippen molar-refractivity contribution in [1.82, 2.24) is 14.8 Å². The number of hydrogen-bond donors (Lipinski definition) is 3. The Labute approximate surface area is 90.0 Å². The van der Waals surface area contributed by atoms with Gasteiger partial charge in [0.1, 0.15) is 0 Å². The smallest absolute Gasteiger partial charge is 0.277 e. The highest BCUT2D eigenvalue weighted by Gasteiger charge is 2.22. The van der Waals surface area contributed by atoms with Crippen LogP contribution in [0.1, 0.15) is 26.7 Å². The minimum Gasteiger partial charge on any atom is -0.355 e. The van der Waals surface area contributed by atoms with Crippen molar-refractivity contribution in [2.45, 2.75) is 38.8 Å². The topological polar surface area (TPSA) is 87.3 Å². The van der Waals surface area contributed by atoms with Gasteiger partial charge in [0.2, 0.25) is 5.91 Å². The predicted octanol–water partition coefficient (Wildman–Crippen LogP) is -0.903. The summed E-state index contributed by atoms with van der Waals surface area (Å²) in [4.78, 5) is 10.8. The van der Waals surface area contributed by atoms with Crippen molar-refractivity contribution in [2.75, 3.05) is 6.54 Å². The molecular formula is C8H17N3O3S. The first-order chi connectivity index (χ1) is 6.89. The molecule has 1 aliphatic heterocycles. The minimum atomic E-state index is -3.45. The Hall–Kier alpha value is -0.660. The molecule has 1 unspecified atom stereocenters. The van der Waals surface area contributed by atoms with Crippen molar-refractivity contribution in [3.05, 3.63) is 0 Å². The third-order valence-corrected chi connectivity index (χ3v) is 3.40. The van der Waals surface area contributed by atoms with E-state index in [9.17, 15) is 13.2 Å². The molecule has 7 heteroatoms. The Morgan fingerprint density at radius 3 is 2.60 bits per heavy atom. The lowest BCUT2D eigenvalue weighted by Gasteiger charge is -2.23. The van der Waals surface area contributed by atoms with Crippen LogP contribution >= 0.6 is 0 Å². The number of hydrogen-bond acceptors (Lipinski definition) is 3. The van der Waals surface area contributed by atoms with Crippen LogP contribution in [0.5, 0.6) is 0 Å². The highest BCUT2D eigenvalue weighted by atomic mass is 32.2. The molecule has 0 bridgehead atoms. The van der Waals surface area contributed by atoms with Gasteiger partial charge in [-0.1, -0.05) is 0 Å². The van der Waals surface area contributed by atoms with Crippen LogP contribution in [-0.4, -0.2) is 33.0 Å². The summed E-state index contributed by atoms with van der Waals surface area (Å²) in [6, 6.07) is -0.348. The summed E-state index contributed by atoms with van der Waals surface area (Å²) >= 11 is 0. The van der Waals surface area contributed by atoms with Crippen LogP contribution in [0.2, 0.25) is 0 Å². The van der Waals surface area contributed by atoms with Crippen molar-refractivity contribution in [3.63, 3.8) is 0 Å². The number of nitrogens with one attached hydrogen (secondary N) is 3. The normalized spacial score (nSPS) is 22.9. The van der Waals surface area contributed by atoms with Gasteiger partial charge in [0.25, 0.3) is 10.2 Å². The summed E-state index contributed by atoms with van der Waals surface area (Å²) in [5.41, 5.74) is 0. The van der Waals surface area contributed by atoms with Gasteiger partial charge in [-0.2, -0.15) is 17.9 Å². The number of rotatable bonds is 4. The molecule has 1 amide bonds. The van der Waals surface area contributed by atoms with Gasteiger partial charge in [0.15, 0.2) is 0 Å². The Bertz CT molecular complexity index is 316. The van der Waals surface area contributed by atoms with Crippen LogP contribution in [0, 0.1) is 0 Å². The van der Waals surface area contributed by atoms with Gasteiger partial charge in [-0.15, -0.1) is 0 Å². The second kappa shape index (κ2) is 4.91. The Morgan fingerprint density at radius 2 is 2.13 bits per heavy atom. The van der Waals surface area contributed by atoms with E-state index in [1.165, 1.54) is 0 Å². The minimum absolute atomic E-state index is 0.0257. The average molecular weight is 235 g/mol. The maximum absolute atomic E-state index is 11.5. The molecule has 0 aromatic carbocycles. The van der Waals surface area contributed by atoms with Crippen molar-refractivity contribution < 1.29 is 13.2 Å². The highest BCUT2D eigenvalue weighted by molar-refractivity contribution is 7.87. The molecule has 88 valence electrons. The zero-order valence-electron chi connectivity index (χ0n) is 8.91. The SMILES string of the molecule is CC(C)NS(=O)(=O)NC1CCC(=O)NC1. The maximum Gasteiger partial charge on any atom is 0.277 e. The molecule has 1 saturated heterocycles. The molecule has 0 aromatic heterocycles. The average Bonchev–Trinajstić information content (AvgIpc) is 2.06. The van der Waals surface area contributed by atoms with Crippen LogP contribution in [0.25, 0.3) is 0 Å². The summed E-state index contributed by atoms with van der Waals surface area (Å²) in [5, 5.41) is 2.61. The summed E-state index contributed by atoms with van der Waals surface area (Å²) in [6.07, 6.45) is 0.916. The van der Waals surface area contributed by atoms with Crippen molar-refractivity contribution in [1.29, 1.82) is 0 Å². The molecule has 0 spiro atoms. The molecule has 0 aromatic rings. The molecule has 6 nitrogen and oxygen atoms in total. The molecule has 1 heterocycles. The van der Waals surface area contributed by atoms with E-state index in [2.05, 4.69) is 14.8 Å². The molecule has 1 fully saturated rings. The molecule has 0 saturated carbocycles. The largest absolute Gasteiger partial charge is 0.355 e. The lowest BCUT2D eigenvalue weighted by Crippen LogP contribution is -2.51. The molecule has 1 atom stereocenters. The van der Waals surface area contributed by atoms with Crippen LogP contribution in [0.4, 0.5) is 0 Å². The number of piperidine rings is 1. The Balaban J connectivity index is 2.44. The van der Waals surface area contributed by atoms with Crippen LogP contribution in [-0.2, 0) is 15.0 Å². The maximum atomic E-state index is 11.5. The standard InChI is InChI=1S/C8H17N3O3S/c1-6(2)10-15(13,14)11-7-3-4-8(12)9-5-7/h6-7,10-11H,3-5H2,1-2H3,(H,9,12). The zero-order valence-corrected chi connectivity index (χ0v) is 9.73. The zero-order chi connectivity index (χ0) is 11.5. The highest BCUT2D eigenvalue weighted by Crippen LogP contribution is 2.03. The fraction of sp³-hybridized carbons (Fsp3) is 0.875. The van der Waals surface area contributed by atoms with Gasteiger partial charge in [-0.3, -0.25) is 4.79 Å². The Kier molecular flexibility index (Phi) is 4.06. The van der Waals surface area contributed by atoms with Crippen LogP contribution < -0.4 is 14.8 Å². The van der Waals surface area contributed by atoms with E-state index in [0.29, 0.717) is 19.4 Å². The van der Waals surface area contributed by atoms with E-state index in [1.807, 2.05) is 0 Å². The predicted molar refractivity (Wildman–Crippen MR) is 56.4 cm³/mol. The molecule has 15 heavy (non-hydrogen) atoms. The van der Waals surface area contributed by atoms with Crippen LogP contribution in [0.15, 0.2) is 0 Å². The molecule has 0 aliphatic carbocycles. The first kappa shape index (κ1) is 12.4. The van der Waals surface area contributed by atoms with Gasteiger partial charge in [-0.05, 0) is 20.3 Å². The molecule has 3 N–H and O–H groups in total. The number of carbonyl (C=O) groups is 1. The Morgan fingerprint density at radius 1 is 1.47 bits per heavy atom. The quantitative estimate of drug-likeness (QED) is 0.590. The second-order valence-corrected chi connectivity index (χ2v) is 5.41. The van der Waals surface area contributed by atoms with Gasteiger partial charge in [-0.25, -0.2) is 0 Å². The first-order valence-corrected chi connectivity index (χ1v) is 6.43. The van der Waals surface area contributed by atoms with E-state index in [0.717, 1.165) is 0 Å². The third-order valence-electron chi connectivity index (χ3n) is 1.98. The van der Waals surface area contributed by atoms with E-state index in [-0.39, 0.29) is 18.0 Å². The molecule has 1 rings (SSSR count). The monoisotopic (exact) mass is 235 g/mol. The van der Waals surface area contributed by atoms with E-state index < -0.39 is 10.2 Å². The van der Waals surface area contributed by atoms with Crippen molar-refractivity contribution in [2.24, 2.45) is 0 Å². The lowest BCUT2D eigenvalue weighted by molar-refractivity contribution is -0.122. The second-order valence-electron chi connectivity index (χ2n) is 3.93. The van der Waals surface area contributed by atoms with Gasteiger partial charge in [0.05, 0.1) is 0 Å². The number of amides is 1. The summed E-state index contributed by atoms with van der Waals surface area (Å²) in [6.45, 7) is 3.86. The fourth-order valence-corrected chi connectivity index (χ4v) is 2.73. The van der Waals surface area contributed by atoms with Gasteiger partial charge in [0, 0.05) is 25.0 Å². The molecular weight excluding hydrogens is 218 g/mol. The first-order valence-electron chi connectivity index (χ1n) is 4.95. The summed E-state index contributed by atoms with van der Waals surface area (Å²) in [5.74, 6) is -0.0257. The van der Waals surface area contributed by atoms with Crippen LogP contribution in [0.3, 0.4) is 0 Å². The third kappa shape index (κ3) is 4.59. The summed E-state index contributed by atoms with van der Waals surface area (Å²) < 4.78 is 27.8. The number of carbonyl (C=O) groups excluding carboxylic acids is 1. The van der Waals surface area contributed by atoms with Gasteiger partial charge >= 0.3 is 0 Å².